The van der Waals surface area contributed by atoms with Crippen LogP contribution in [0.3, 0.4) is 0 Å². The average molecular weight is 336 g/mol. The van der Waals surface area contributed by atoms with Crippen LogP contribution in [0.15, 0.2) is 48.5 Å². The Bertz CT molecular complexity index is 791. The van der Waals surface area contributed by atoms with Crippen LogP contribution in [0, 0.1) is 10.1 Å². The van der Waals surface area contributed by atoms with Gasteiger partial charge in [0.15, 0.2) is 5.75 Å². The predicted octanol–water partition coefficient (Wildman–Crippen LogP) is 2.94. The molecule has 0 bridgehead atoms. The monoisotopic (exact) mass is 336 g/mol. The molecule has 0 aliphatic heterocycles. The van der Waals surface area contributed by atoms with Crippen LogP contribution in [0.4, 0.5) is 11.4 Å². The molecule has 7 nitrogen and oxygen atoms in total. The van der Waals surface area contributed by atoms with Crippen molar-refractivity contribution < 1.29 is 18.1 Å². The Morgan fingerprint density at radius 2 is 1.87 bits per heavy atom. The number of ether oxygens (including phenoxy) is 1. The smallest absolute Gasteiger partial charge is 0.273 e. The van der Waals surface area contributed by atoms with Crippen molar-refractivity contribution in [2.45, 2.75) is 13.5 Å². The second kappa shape index (κ2) is 7.10. The van der Waals surface area contributed by atoms with Crippen molar-refractivity contribution in [3.05, 3.63) is 64.2 Å². The zero-order valence-electron chi connectivity index (χ0n) is 12.4. The van der Waals surface area contributed by atoms with Gasteiger partial charge in [-0.05, 0) is 18.6 Å². The second-order valence-corrected chi connectivity index (χ2v) is 6.73. The van der Waals surface area contributed by atoms with Gasteiger partial charge < -0.3 is 4.74 Å². The first-order chi connectivity index (χ1) is 10.9. The maximum Gasteiger partial charge on any atom is 0.273 e. The van der Waals surface area contributed by atoms with E-state index in [-0.39, 0.29) is 29.5 Å². The molecule has 0 atom stereocenters. The van der Waals surface area contributed by atoms with Crippen molar-refractivity contribution in [2.24, 2.45) is 0 Å². The van der Waals surface area contributed by atoms with E-state index in [9.17, 15) is 18.5 Å². The van der Waals surface area contributed by atoms with Crippen molar-refractivity contribution in [3.63, 3.8) is 0 Å². The van der Waals surface area contributed by atoms with E-state index in [0.29, 0.717) is 0 Å². The lowest BCUT2D eigenvalue weighted by atomic mass is 10.2. The number of nitro benzene ring substituents is 1. The third-order valence-corrected chi connectivity index (χ3v) is 4.35. The summed E-state index contributed by atoms with van der Waals surface area (Å²) in [4.78, 5) is 10.3. The standard InChI is InChI=1S/C15H16N2O5S/c1-2-23(20,21)16-14-9-8-13(17(18)19)10-15(14)22-11-12-6-4-3-5-7-12/h3-10,16H,2,11H2,1H3. The Kier molecular flexibility index (Phi) is 5.17. The van der Waals surface area contributed by atoms with Gasteiger partial charge in [-0.3, -0.25) is 14.8 Å². The van der Waals surface area contributed by atoms with Gasteiger partial charge in [0.05, 0.1) is 22.4 Å². The van der Waals surface area contributed by atoms with Crippen molar-refractivity contribution in [2.75, 3.05) is 10.5 Å². The number of nitrogens with zero attached hydrogens (tertiary/aromatic N) is 1. The van der Waals surface area contributed by atoms with E-state index >= 15 is 0 Å². The molecule has 0 amide bonds. The molecule has 2 aromatic carbocycles. The van der Waals surface area contributed by atoms with Crippen LogP contribution in [-0.2, 0) is 16.6 Å². The molecule has 0 fully saturated rings. The molecule has 1 N–H and O–H groups in total. The third-order valence-electron chi connectivity index (χ3n) is 3.06. The van der Waals surface area contributed by atoms with Crippen molar-refractivity contribution in [1.29, 1.82) is 0 Å². The molecule has 0 spiro atoms. The van der Waals surface area contributed by atoms with Crippen LogP contribution in [0.2, 0.25) is 0 Å². The van der Waals surface area contributed by atoms with E-state index < -0.39 is 14.9 Å². The molecule has 122 valence electrons. The number of rotatable bonds is 7. The van der Waals surface area contributed by atoms with Gasteiger partial charge in [-0.25, -0.2) is 8.42 Å². The minimum Gasteiger partial charge on any atom is -0.486 e. The molecule has 8 heteroatoms. The van der Waals surface area contributed by atoms with Gasteiger partial charge in [0, 0.05) is 6.07 Å². The fourth-order valence-corrected chi connectivity index (χ4v) is 2.45. The number of nitro groups is 1. The van der Waals surface area contributed by atoms with Gasteiger partial charge in [-0.2, -0.15) is 0 Å². The highest BCUT2D eigenvalue weighted by Gasteiger charge is 2.16. The highest BCUT2D eigenvalue weighted by Crippen LogP contribution is 2.30. The molecule has 0 aliphatic carbocycles. The lowest BCUT2D eigenvalue weighted by Crippen LogP contribution is -2.15. The number of nitrogens with one attached hydrogen (secondary N) is 1. The maximum atomic E-state index is 11.7. The van der Waals surface area contributed by atoms with Crippen molar-refractivity contribution in [1.82, 2.24) is 0 Å². The van der Waals surface area contributed by atoms with Crippen molar-refractivity contribution in [3.8, 4) is 5.75 Å². The molecule has 0 saturated carbocycles. The summed E-state index contributed by atoms with van der Waals surface area (Å²) in [5, 5.41) is 10.9. The minimum atomic E-state index is -3.51. The van der Waals surface area contributed by atoms with E-state index in [2.05, 4.69) is 4.72 Å². The zero-order chi connectivity index (χ0) is 16.9. The molecule has 0 heterocycles. The summed E-state index contributed by atoms with van der Waals surface area (Å²) in [6.45, 7) is 1.67. The van der Waals surface area contributed by atoms with E-state index in [0.717, 1.165) is 5.56 Å². The molecule has 0 radical (unpaired) electrons. The van der Waals surface area contributed by atoms with Gasteiger partial charge >= 0.3 is 0 Å². The second-order valence-electron chi connectivity index (χ2n) is 4.72. The van der Waals surface area contributed by atoms with E-state index in [1.165, 1.54) is 25.1 Å². The number of sulfonamides is 1. The summed E-state index contributed by atoms with van der Waals surface area (Å²) in [6.07, 6.45) is 0. The van der Waals surface area contributed by atoms with E-state index in [4.69, 9.17) is 4.74 Å². The highest BCUT2D eigenvalue weighted by molar-refractivity contribution is 7.92. The van der Waals surface area contributed by atoms with Gasteiger partial charge in [0.2, 0.25) is 10.0 Å². The molecule has 0 aromatic heterocycles. The zero-order valence-corrected chi connectivity index (χ0v) is 13.2. The first-order valence-electron chi connectivity index (χ1n) is 6.87. The minimum absolute atomic E-state index is 0.109. The average Bonchev–Trinajstić information content (AvgIpc) is 2.54. The molecule has 0 saturated heterocycles. The molecule has 0 aliphatic rings. The van der Waals surface area contributed by atoms with Crippen molar-refractivity contribution >= 4 is 21.4 Å². The Morgan fingerprint density at radius 3 is 2.48 bits per heavy atom. The Morgan fingerprint density at radius 1 is 1.17 bits per heavy atom. The summed E-state index contributed by atoms with van der Waals surface area (Å²) in [7, 11) is -3.51. The SMILES string of the molecule is CCS(=O)(=O)Nc1ccc([N+](=O)[O-])cc1OCc1ccccc1. The van der Waals surface area contributed by atoms with Crippen LogP contribution >= 0.6 is 0 Å². The summed E-state index contributed by atoms with van der Waals surface area (Å²) in [5.41, 5.74) is 0.865. The summed E-state index contributed by atoms with van der Waals surface area (Å²) < 4.78 is 31.4. The van der Waals surface area contributed by atoms with Gasteiger partial charge in [-0.1, -0.05) is 30.3 Å². The van der Waals surface area contributed by atoms with Crippen LogP contribution in [-0.4, -0.2) is 19.1 Å². The summed E-state index contributed by atoms with van der Waals surface area (Å²) >= 11 is 0. The lowest BCUT2D eigenvalue weighted by molar-refractivity contribution is -0.384. The topological polar surface area (TPSA) is 98.5 Å². The van der Waals surface area contributed by atoms with Gasteiger partial charge in [0.1, 0.15) is 6.61 Å². The molecule has 23 heavy (non-hydrogen) atoms. The normalized spacial score (nSPS) is 11.0. The first kappa shape index (κ1) is 16.8. The fourth-order valence-electron chi connectivity index (χ4n) is 1.80. The summed E-state index contributed by atoms with van der Waals surface area (Å²) in [5.74, 6) is 0.00217. The van der Waals surface area contributed by atoms with E-state index in [1.54, 1.807) is 0 Å². The molecular formula is C15H16N2O5S. The third kappa shape index (κ3) is 4.68. The largest absolute Gasteiger partial charge is 0.486 e. The van der Waals surface area contributed by atoms with Crippen LogP contribution in [0.25, 0.3) is 0 Å². The van der Waals surface area contributed by atoms with Crippen LogP contribution < -0.4 is 9.46 Å². The lowest BCUT2D eigenvalue weighted by Gasteiger charge is -2.13. The van der Waals surface area contributed by atoms with E-state index in [1.807, 2.05) is 30.3 Å². The fraction of sp³-hybridized carbons (Fsp3) is 0.200. The molecule has 0 unspecified atom stereocenters. The highest BCUT2D eigenvalue weighted by atomic mass is 32.2. The maximum absolute atomic E-state index is 11.7. The first-order valence-corrected chi connectivity index (χ1v) is 8.52. The summed E-state index contributed by atoms with van der Waals surface area (Å²) in [6, 6.07) is 13.0. The number of non-ortho nitro benzene ring substituents is 1. The number of hydrogen-bond donors (Lipinski definition) is 1. The Hall–Kier alpha value is -2.61. The number of hydrogen-bond acceptors (Lipinski definition) is 5. The molecular weight excluding hydrogens is 320 g/mol. The van der Waals surface area contributed by atoms with Gasteiger partial charge in [0.25, 0.3) is 5.69 Å². The quantitative estimate of drug-likeness (QED) is 0.619. The molecule has 2 rings (SSSR count). The number of benzene rings is 2. The van der Waals surface area contributed by atoms with Crippen LogP contribution in [0.1, 0.15) is 12.5 Å². The Labute approximate surface area is 134 Å². The van der Waals surface area contributed by atoms with Gasteiger partial charge in [-0.15, -0.1) is 0 Å². The predicted molar refractivity (Wildman–Crippen MR) is 87.0 cm³/mol. The van der Waals surface area contributed by atoms with Crippen LogP contribution in [0.5, 0.6) is 5.75 Å². The number of anilines is 1. The molecule has 2 aromatic rings. The Balaban J connectivity index is 2.29.